The van der Waals surface area contributed by atoms with E-state index in [9.17, 15) is 5.11 Å². The predicted molar refractivity (Wildman–Crippen MR) is 54.0 cm³/mol. The molecule has 0 aromatic rings. The summed E-state index contributed by atoms with van der Waals surface area (Å²) in [5.41, 5.74) is -0.375. The molecule has 0 aliphatic heterocycles. The summed E-state index contributed by atoms with van der Waals surface area (Å²) in [6, 6.07) is 0. The lowest BCUT2D eigenvalue weighted by atomic mass is 10.0. The highest BCUT2D eigenvalue weighted by Crippen LogP contribution is 2.50. The Bertz CT molecular complexity index is 216. The first-order chi connectivity index (χ1) is 6.62. The Morgan fingerprint density at radius 1 is 1.07 bits per heavy atom. The summed E-state index contributed by atoms with van der Waals surface area (Å²) in [7, 11) is 0. The van der Waals surface area contributed by atoms with E-state index in [0.29, 0.717) is 12.2 Å². The van der Waals surface area contributed by atoms with Crippen LogP contribution >= 0.6 is 0 Å². The summed E-state index contributed by atoms with van der Waals surface area (Å²) in [6.07, 6.45) is 8.10. The minimum absolute atomic E-state index is 0.375. The molecule has 0 bridgehead atoms. The Labute approximate surface area is 85.6 Å². The SMILES string of the molecule is CC1(O)C[C@H]2C[C@@H](OC3CC3)C[C@H]2C1. The van der Waals surface area contributed by atoms with Crippen LogP contribution in [0.4, 0.5) is 0 Å². The van der Waals surface area contributed by atoms with Crippen LogP contribution in [0, 0.1) is 11.8 Å². The fourth-order valence-electron chi connectivity index (χ4n) is 3.46. The summed E-state index contributed by atoms with van der Waals surface area (Å²) in [4.78, 5) is 0. The van der Waals surface area contributed by atoms with Gasteiger partial charge in [-0.1, -0.05) is 0 Å². The van der Waals surface area contributed by atoms with Crippen molar-refractivity contribution in [1.82, 2.24) is 0 Å². The second-order valence-electron chi connectivity index (χ2n) is 5.85. The van der Waals surface area contributed by atoms with Gasteiger partial charge in [0.25, 0.3) is 0 Å². The average molecular weight is 196 g/mol. The Morgan fingerprint density at radius 2 is 1.64 bits per heavy atom. The second-order valence-corrected chi connectivity index (χ2v) is 5.85. The van der Waals surface area contributed by atoms with Crippen molar-refractivity contribution >= 4 is 0 Å². The first-order valence-electron chi connectivity index (χ1n) is 6.00. The van der Waals surface area contributed by atoms with Crippen molar-refractivity contribution in [2.75, 3.05) is 0 Å². The summed E-state index contributed by atoms with van der Waals surface area (Å²) in [6.45, 7) is 1.99. The van der Waals surface area contributed by atoms with E-state index in [4.69, 9.17) is 4.74 Å². The lowest BCUT2D eigenvalue weighted by Gasteiger charge is -2.19. The minimum atomic E-state index is -0.375. The monoisotopic (exact) mass is 196 g/mol. The van der Waals surface area contributed by atoms with Gasteiger partial charge in [0.15, 0.2) is 0 Å². The second kappa shape index (κ2) is 2.96. The van der Waals surface area contributed by atoms with Crippen LogP contribution in [0.5, 0.6) is 0 Å². The van der Waals surface area contributed by atoms with Crippen molar-refractivity contribution in [3.63, 3.8) is 0 Å². The molecule has 2 heteroatoms. The van der Waals surface area contributed by atoms with Gasteiger partial charge in [0.1, 0.15) is 0 Å². The number of aliphatic hydroxyl groups is 1. The lowest BCUT2D eigenvalue weighted by Crippen LogP contribution is -2.22. The van der Waals surface area contributed by atoms with Gasteiger partial charge < -0.3 is 9.84 Å². The maximum Gasteiger partial charge on any atom is 0.0625 e. The van der Waals surface area contributed by atoms with Crippen LogP contribution in [-0.2, 0) is 4.74 Å². The molecule has 0 heterocycles. The summed E-state index contributed by atoms with van der Waals surface area (Å²) >= 11 is 0. The van der Waals surface area contributed by atoms with Gasteiger partial charge in [-0.05, 0) is 57.3 Å². The van der Waals surface area contributed by atoms with Crippen LogP contribution in [0.1, 0.15) is 45.4 Å². The van der Waals surface area contributed by atoms with Crippen molar-refractivity contribution < 1.29 is 9.84 Å². The third-order valence-corrected chi connectivity index (χ3v) is 4.11. The zero-order valence-electron chi connectivity index (χ0n) is 8.91. The van der Waals surface area contributed by atoms with Crippen molar-refractivity contribution in [2.45, 2.75) is 63.3 Å². The molecule has 14 heavy (non-hydrogen) atoms. The molecule has 0 aromatic carbocycles. The number of fused-ring (bicyclic) bond motifs is 1. The molecule has 1 unspecified atom stereocenters. The third kappa shape index (κ3) is 1.70. The van der Waals surface area contributed by atoms with Crippen LogP contribution in [0.15, 0.2) is 0 Å². The highest BCUT2D eigenvalue weighted by Gasteiger charge is 2.47. The van der Waals surface area contributed by atoms with Gasteiger partial charge in [-0.3, -0.25) is 0 Å². The number of hydrogen-bond acceptors (Lipinski definition) is 2. The summed E-state index contributed by atoms with van der Waals surface area (Å²) in [5, 5.41) is 9.94. The van der Waals surface area contributed by atoms with Crippen LogP contribution in [0.25, 0.3) is 0 Å². The van der Waals surface area contributed by atoms with E-state index in [0.717, 1.165) is 24.7 Å². The van der Waals surface area contributed by atoms with Crippen molar-refractivity contribution in [3.8, 4) is 0 Å². The standard InChI is InChI=1S/C12H20O2/c1-12(13)6-8-4-11(5-9(8)7-12)14-10-2-3-10/h8-11,13H,2-7H2,1H3/t8-,9+,11-,12?. The molecule has 3 aliphatic rings. The van der Waals surface area contributed by atoms with Crippen LogP contribution in [0.3, 0.4) is 0 Å². The molecular formula is C12H20O2. The third-order valence-electron chi connectivity index (χ3n) is 4.11. The normalized spacial score (nSPS) is 52.3. The molecular weight excluding hydrogens is 176 g/mol. The molecule has 0 amide bonds. The van der Waals surface area contributed by atoms with Crippen LogP contribution < -0.4 is 0 Å². The maximum absolute atomic E-state index is 9.94. The first-order valence-corrected chi connectivity index (χ1v) is 6.00. The Kier molecular flexibility index (Phi) is 1.94. The van der Waals surface area contributed by atoms with Gasteiger partial charge in [-0.25, -0.2) is 0 Å². The number of rotatable bonds is 2. The van der Waals surface area contributed by atoms with Crippen molar-refractivity contribution in [1.29, 1.82) is 0 Å². The highest BCUT2D eigenvalue weighted by molar-refractivity contribution is 4.98. The molecule has 0 saturated heterocycles. The number of hydrogen-bond donors (Lipinski definition) is 1. The smallest absolute Gasteiger partial charge is 0.0625 e. The van der Waals surface area contributed by atoms with Gasteiger partial charge in [-0.2, -0.15) is 0 Å². The highest BCUT2D eigenvalue weighted by atomic mass is 16.5. The topological polar surface area (TPSA) is 29.5 Å². The minimum Gasteiger partial charge on any atom is -0.390 e. The molecule has 1 N–H and O–H groups in total. The summed E-state index contributed by atoms with van der Waals surface area (Å²) in [5.74, 6) is 1.49. The Balaban J connectivity index is 1.57. The van der Waals surface area contributed by atoms with Crippen LogP contribution in [0.2, 0.25) is 0 Å². The van der Waals surface area contributed by atoms with Crippen molar-refractivity contribution in [2.24, 2.45) is 11.8 Å². The molecule has 4 atom stereocenters. The molecule has 0 radical (unpaired) electrons. The fourth-order valence-corrected chi connectivity index (χ4v) is 3.46. The molecule has 0 spiro atoms. The molecule has 2 nitrogen and oxygen atoms in total. The van der Waals surface area contributed by atoms with Gasteiger partial charge in [-0.15, -0.1) is 0 Å². The Hall–Kier alpha value is -0.0800. The fraction of sp³-hybridized carbons (Fsp3) is 1.00. The van der Waals surface area contributed by atoms with Gasteiger partial charge >= 0.3 is 0 Å². The maximum atomic E-state index is 9.94. The zero-order chi connectivity index (χ0) is 9.76. The van der Waals surface area contributed by atoms with Gasteiger partial charge in [0.05, 0.1) is 17.8 Å². The quantitative estimate of drug-likeness (QED) is 0.733. The van der Waals surface area contributed by atoms with E-state index < -0.39 is 0 Å². The largest absolute Gasteiger partial charge is 0.390 e. The van der Waals surface area contributed by atoms with E-state index in [1.807, 2.05) is 6.92 Å². The molecule has 3 fully saturated rings. The van der Waals surface area contributed by atoms with Gasteiger partial charge in [0, 0.05) is 0 Å². The van der Waals surface area contributed by atoms with Crippen LogP contribution in [-0.4, -0.2) is 22.9 Å². The first kappa shape index (κ1) is 9.17. The van der Waals surface area contributed by atoms with E-state index in [-0.39, 0.29) is 5.60 Å². The zero-order valence-corrected chi connectivity index (χ0v) is 8.91. The molecule has 3 saturated carbocycles. The average Bonchev–Trinajstić information content (AvgIpc) is 2.70. The van der Waals surface area contributed by atoms with Gasteiger partial charge in [0.2, 0.25) is 0 Å². The van der Waals surface area contributed by atoms with E-state index in [1.54, 1.807) is 0 Å². The van der Waals surface area contributed by atoms with E-state index in [1.165, 1.54) is 25.7 Å². The summed E-state index contributed by atoms with van der Waals surface area (Å²) < 4.78 is 5.95. The van der Waals surface area contributed by atoms with E-state index in [2.05, 4.69) is 0 Å². The Morgan fingerprint density at radius 3 is 2.14 bits per heavy atom. The number of ether oxygens (including phenoxy) is 1. The molecule has 80 valence electrons. The molecule has 0 aromatic heterocycles. The molecule has 3 aliphatic carbocycles. The lowest BCUT2D eigenvalue weighted by molar-refractivity contribution is 0.0203. The van der Waals surface area contributed by atoms with Crippen molar-refractivity contribution in [3.05, 3.63) is 0 Å². The molecule has 3 rings (SSSR count). The predicted octanol–water partition coefficient (Wildman–Crippen LogP) is 2.10. The van der Waals surface area contributed by atoms with E-state index >= 15 is 0 Å².